The molecule has 1 amide bonds. The van der Waals surface area contributed by atoms with E-state index in [1.807, 2.05) is 44.3 Å². The van der Waals surface area contributed by atoms with Crippen LogP contribution in [0.25, 0.3) is 0 Å². The topological polar surface area (TPSA) is 72.4 Å². The summed E-state index contributed by atoms with van der Waals surface area (Å²) >= 11 is 3.40. The smallest absolute Gasteiger partial charge is 0.248 e. The average Bonchev–Trinajstić information content (AvgIpc) is 2.40. The standard InChI is InChI=1S/C16H18BrN3O/c1-10-7-11(16(19)21)3-4-12(10)9-20(2)15-6-5-13(17)8-14(15)18/h3-8H,9,18H2,1-2H3,(H2,19,21). The molecule has 0 radical (unpaired) electrons. The number of nitrogens with two attached hydrogens (primary N) is 2. The van der Waals surface area contributed by atoms with Gasteiger partial charge in [0.2, 0.25) is 5.91 Å². The van der Waals surface area contributed by atoms with Crippen LogP contribution in [0.2, 0.25) is 0 Å². The lowest BCUT2D eigenvalue weighted by Crippen LogP contribution is -2.19. The first-order valence-electron chi connectivity index (χ1n) is 6.54. The molecule has 0 atom stereocenters. The maximum absolute atomic E-state index is 11.2. The highest BCUT2D eigenvalue weighted by atomic mass is 79.9. The minimum absolute atomic E-state index is 0.407. The van der Waals surface area contributed by atoms with E-state index in [4.69, 9.17) is 11.5 Å². The number of amides is 1. The van der Waals surface area contributed by atoms with E-state index in [-0.39, 0.29) is 0 Å². The van der Waals surface area contributed by atoms with Gasteiger partial charge in [-0.2, -0.15) is 0 Å². The van der Waals surface area contributed by atoms with Crippen LogP contribution < -0.4 is 16.4 Å². The Labute approximate surface area is 132 Å². The molecule has 0 spiro atoms. The van der Waals surface area contributed by atoms with Crippen molar-refractivity contribution in [2.75, 3.05) is 17.7 Å². The van der Waals surface area contributed by atoms with E-state index in [2.05, 4.69) is 20.8 Å². The van der Waals surface area contributed by atoms with Gasteiger partial charge in [0.1, 0.15) is 0 Å². The molecule has 0 heterocycles. The second-order valence-corrected chi connectivity index (χ2v) is 5.98. The van der Waals surface area contributed by atoms with Crippen LogP contribution in [0.5, 0.6) is 0 Å². The third-order valence-corrected chi connectivity index (χ3v) is 3.93. The fourth-order valence-corrected chi connectivity index (χ4v) is 2.62. The maximum Gasteiger partial charge on any atom is 0.248 e. The van der Waals surface area contributed by atoms with Crippen molar-refractivity contribution in [1.29, 1.82) is 0 Å². The molecule has 0 aliphatic carbocycles. The Kier molecular flexibility index (Phi) is 4.53. The molecule has 4 N–H and O–H groups in total. The van der Waals surface area contributed by atoms with E-state index < -0.39 is 5.91 Å². The van der Waals surface area contributed by atoms with Gasteiger partial charge in [-0.25, -0.2) is 0 Å². The van der Waals surface area contributed by atoms with Gasteiger partial charge in [-0.15, -0.1) is 0 Å². The van der Waals surface area contributed by atoms with Gasteiger partial charge in [0, 0.05) is 23.6 Å². The highest BCUT2D eigenvalue weighted by Crippen LogP contribution is 2.27. The van der Waals surface area contributed by atoms with Gasteiger partial charge in [-0.05, 0) is 48.4 Å². The number of anilines is 2. The van der Waals surface area contributed by atoms with Crippen molar-refractivity contribution < 1.29 is 4.79 Å². The second-order valence-electron chi connectivity index (χ2n) is 5.06. The lowest BCUT2D eigenvalue weighted by molar-refractivity contribution is 0.1000. The zero-order valence-corrected chi connectivity index (χ0v) is 13.6. The van der Waals surface area contributed by atoms with Gasteiger partial charge < -0.3 is 16.4 Å². The molecule has 0 saturated heterocycles. The quantitative estimate of drug-likeness (QED) is 0.834. The zero-order chi connectivity index (χ0) is 15.6. The first kappa shape index (κ1) is 15.4. The Morgan fingerprint density at radius 3 is 2.52 bits per heavy atom. The second kappa shape index (κ2) is 6.18. The van der Waals surface area contributed by atoms with Crippen molar-refractivity contribution in [1.82, 2.24) is 0 Å². The number of nitrogen functional groups attached to an aromatic ring is 1. The first-order valence-corrected chi connectivity index (χ1v) is 7.33. The highest BCUT2D eigenvalue weighted by Gasteiger charge is 2.09. The van der Waals surface area contributed by atoms with Crippen LogP contribution in [-0.2, 0) is 6.54 Å². The molecule has 2 aromatic carbocycles. The molecule has 0 bridgehead atoms. The molecule has 0 fully saturated rings. The van der Waals surface area contributed by atoms with Crippen LogP contribution >= 0.6 is 15.9 Å². The number of hydrogen-bond donors (Lipinski definition) is 2. The summed E-state index contributed by atoms with van der Waals surface area (Å²) < 4.78 is 0.958. The number of benzene rings is 2. The number of aryl methyl sites for hydroxylation is 1. The van der Waals surface area contributed by atoms with Gasteiger partial charge in [0.05, 0.1) is 11.4 Å². The summed E-state index contributed by atoms with van der Waals surface area (Å²) in [6.45, 7) is 2.68. The Morgan fingerprint density at radius 2 is 1.95 bits per heavy atom. The summed E-state index contributed by atoms with van der Waals surface area (Å²) in [6, 6.07) is 11.3. The molecule has 21 heavy (non-hydrogen) atoms. The minimum Gasteiger partial charge on any atom is -0.397 e. The predicted octanol–water partition coefficient (Wildman–Crippen LogP) is 3.08. The van der Waals surface area contributed by atoms with Crippen molar-refractivity contribution in [3.05, 3.63) is 57.6 Å². The SMILES string of the molecule is Cc1cc(C(N)=O)ccc1CN(C)c1ccc(Br)cc1N. The van der Waals surface area contributed by atoms with E-state index >= 15 is 0 Å². The number of carbonyl (C=O) groups excluding carboxylic acids is 1. The number of nitrogens with zero attached hydrogens (tertiary/aromatic N) is 1. The van der Waals surface area contributed by atoms with Gasteiger partial charge >= 0.3 is 0 Å². The van der Waals surface area contributed by atoms with Crippen molar-refractivity contribution >= 4 is 33.2 Å². The van der Waals surface area contributed by atoms with E-state index in [9.17, 15) is 4.79 Å². The van der Waals surface area contributed by atoms with E-state index in [0.717, 1.165) is 27.0 Å². The zero-order valence-electron chi connectivity index (χ0n) is 12.1. The van der Waals surface area contributed by atoms with Crippen LogP contribution in [0, 0.1) is 6.92 Å². The van der Waals surface area contributed by atoms with Crippen LogP contribution in [0.15, 0.2) is 40.9 Å². The molecule has 0 aromatic heterocycles. The van der Waals surface area contributed by atoms with Crippen molar-refractivity contribution in [2.45, 2.75) is 13.5 Å². The molecule has 5 heteroatoms. The normalized spacial score (nSPS) is 10.4. The largest absolute Gasteiger partial charge is 0.397 e. The van der Waals surface area contributed by atoms with Crippen LogP contribution in [0.1, 0.15) is 21.5 Å². The number of carbonyl (C=O) groups is 1. The Bertz CT molecular complexity index is 685. The summed E-state index contributed by atoms with van der Waals surface area (Å²) in [7, 11) is 1.99. The van der Waals surface area contributed by atoms with Crippen LogP contribution in [0.3, 0.4) is 0 Å². The lowest BCUT2D eigenvalue weighted by Gasteiger charge is -2.22. The third kappa shape index (κ3) is 3.55. The number of primary amides is 1. The van der Waals surface area contributed by atoms with Gasteiger partial charge in [-0.3, -0.25) is 4.79 Å². The molecular weight excluding hydrogens is 330 g/mol. The highest BCUT2D eigenvalue weighted by molar-refractivity contribution is 9.10. The molecule has 0 aliphatic rings. The van der Waals surface area contributed by atoms with E-state index in [1.165, 1.54) is 0 Å². The number of halogens is 1. The first-order chi connectivity index (χ1) is 9.88. The monoisotopic (exact) mass is 347 g/mol. The Hall–Kier alpha value is -2.01. The summed E-state index contributed by atoms with van der Waals surface area (Å²) in [4.78, 5) is 13.3. The van der Waals surface area contributed by atoms with Crippen molar-refractivity contribution in [3.8, 4) is 0 Å². The predicted molar refractivity (Wildman–Crippen MR) is 90.4 cm³/mol. The molecule has 0 unspecified atom stereocenters. The number of hydrogen-bond acceptors (Lipinski definition) is 3. The average molecular weight is 348 g/mol. The molecule has 0 aliphatic heterocycles. The Morgan fingerprint density at radius 1 is 1.24 bits per heavy atom. The van der Waals surface area contributed by atoms with Gasteiger partial charge in [-0.1, -0.05) is 22.0 Å². The molecule has 2 rings (SSSR count). The Balaban J connectivity index is 2.23. The summed E-state index contributed by atoms with van der Waals surface area (Å²) in [5, 5.41) is 0. The fourth-order valence-electron chi connectivity index (χ4n) is 2.24. The maximum atomic E-state index is 11.2. The summed E-state index contributed by atoms with van der Waals surface area (Å²) in [6.07, 6.45) is 0. The molecule has 2 aromatic rings. The van der Waals surface area contributed by atoms with Crippen molar-refractivity contribution in [2.24, 2.45) is 5.73 Å². The summed E-state index contributed by atoms with van der Waals surface area (Å²) in [5.41, 5.74) is 15.7. The minimum atomic E-state index is -0.407. The van der Waals surface area contributed by atoms with E-state index in [0.29, 0.717) is 12.1 Å². The molecule has 0 saturated carbocycles. The van der Waals surface area contributed by atoms with Crippen LogP contribution in [0.4, 0.5) is 11.4 Å². The van der Waals surface area contributed by atoms with Gasteiger partial charge in [0.15, 0.2) is 0 Å². The number of rotatable bonds is 4. The molecule has 110 valence electrons. The van der Waals surface area contributed by atoms with Crippen molar-refractivity contribution in [3.63, 3.8) is 0 Å². The van der Waals surface area contributed by atoms with Crippen LogP contribution in [-0.4, -0.2) is 13.0 Å². The summed E-state index contributed by atoms with van der Waals surface area (Å²) in [5.74, 6) is -0.407. The van der Waals surface area contributed by atoms with E-state index in [1.54, 1.807) is 6.07 Å². The van der Waals surface area contributed by atoms with Gasteiger partial charge in [0.25, 0.3) is 0 Å². The fraction of sp³-hybridized carbons (Fsp3) is 0.188. The lowest BCUT2D eigenvalue weighted by atomic mass is 10.0. The third-order valence-electron chi connectivity index (χ3n) is 3.44. The molecule has 4 nitrogen and oxygen atoms in total. The molecular formula is C16H18BrN3O.